The molecular weight excluding hydrogens is 264 g/mol. The molecule has 0 fully saturated rings. The third-order valence-corrected chi connectivity index (χ3v) is 2.92. The summed E-state index contributed by atoms with van der Waals surface area (Å²) >= 11 is 6.00. The van der Waals surface area contributed by atoms with Crippen LogP contribution in [0.2, 0.25) is 5.15 Å². The van der Waals surface area contributed by atoms with E-state index in [2.05, 4.69) is 48.1 Å². The average Bonchev–Trinajstić information content (AvgIpc) is 2.27. The molecule has 108 valence electrons. The Balaban J connectivity index is 2.86. The van der Waals surface area contributed by atoms with Gasteiger partial charge in [0, 0.05) is 12.6 Å². The van der Waals surface area contributed by atoms with Crippen LogP contribution in [0.1, 0.15) is 20.3 Å². The second-order valence-corrected chi connectivity index (χ2v) is 5.64. The van der Waals surface area contributed by atoms with Crippen LogP contribution < -0.4 is 10.1 Å². The summed E-state index contributed by atoms with van der Waals surface area (Å²) in [6.07, 6.45) is 2.48. The molecule has 5 nitrogen and oxygen atoms in total. The number of aromatic nitrogens is 2. The first-order valence-corrected chi connectivity index (χ1v) is 6.77. The molecule has 0 spiro atoms. The highest BCUT2D eigenvalue weighted by Crippen LogP contribution is 2.29. The van der Waals surface area contributed by atoms with E-state index < -0.39 is 0 Å². The zero-order chi connectivity index (χ0) is 14.4. The van der Waals surface area contributed by atoms with Gasteiger partial charge in [0.25, 0.3) is 0 Å². The molecule has 0 amide bonds. The number of halogens is 1. The summed E-state index contributed by atoms with van der Waals surface area (Å²) in [5.41, 5.74) is 0. The number of hydrogen-bond acceptors (Lipinski definition) is 5. The second kappa shape index (κ2) is 7.50. The highest BCUT2D eigenvalue weighted by atomic mass is 35.5. The minimum absolute atomic E-state index is 0.287. The molecule has 1 atom stereocenters. The molecule has 0 saturated carbocycles. The van der Waals surface area contributed by atoms with Gasteiger partial charge in [-0.1, -0.05) is 25.4 Å². The minimum atomic E-state index is 0.287. The molecule has 0 aliphatic heterocycles. The van der Waals surface area contributed by atoms with Crippen LogP contribution in [0.15, 0.2) is 6.33 Å². The van der Waals surface area contributed by atoms with Gasteiger partial charge < -0.3 is 15.0 Å². The number of likely N-dealkylation sites (N-methyl/N-ethyl adjacent to an activating group) is 1. The monoisotopic (exact) mass is 286 g/mol. The van der Waals surface area contributed by atoms with E-state index in [1.807, 2.05) is 0 Å². The number of nitrogens with one attached hydrogen (secondary N) is 1. The van der Waals surface area contributed by atoms with E-state index >= 15 is 0 Å². The van der Waals surface area contributed by atoms with E-state index in [1.165, 1.54) is 6.33 Å². The van der Waals surface area contributed by atoms with Crippen LogP contribution in [0, 0.1) is 5.92 Å². The molecule has 0 aliphatic rings. The summed E-state index contributed by atoms with van der Waals surface area (Å²) in [5, 5.41) is 3.73. The highest BCUT2D eigenvalue weighted by Gasteiger charge is 2.17. The van der Waals surface area contributed by atoms with Crippen molar-refractivity contribution in [1.29, 1.82) is 0 Å². The summed E-state index contributed by atoms with van der Waals surface area (Å²) < 4.78 is 5.25. The first-order valence-electron chi connectivity index (χ1n) is 6.39. The van der Waals surface area contributed by atoms with Gasteiger partial charge in [-0.05, 0) is 26.4 Å². The molecule has 0 saturated heterocycles. The van der Waals surface area contributed by atoms with Crippen molar-refractivity contribution in [2.75, 3.05) is 33.1 Å². The van der Waals surface area contributed by atoms with Gasteiger partial charge in [-0.15, -0.1) is 0 Å². The molecule has 1 rings (SSSR count). The SMILES string of the molecule is COc1c(Cl)ncnc1NC(CC(C)C)CN(C)C. The maximum absolute atomic E-state index is 6.00. The molecule has 0 aromatic carbocycles. The molecule has 1 unspecified atom stereocenters. The number of rotatable bonds is 7. The number of ether oxygens (including phenoxy) is 1. The van der Waals surface area contributed by atoms with Crippen LogP contribution in [-0.4, -0.2) is 48.7 Å². The van der Waals surface area contributed by atoms with Gasteiger partial charge in [-0.2, -0.15) is 0 Å². The summed E-state index contributed by atoms with van der Waals surface area (Å²) in [6.45, 7) is 5.33. The van der Waals surface area contributed by atoms with Crippen molar-refractivity contribution >= 4 is 17.4 Å². The van der Waals surface area contributed by atoms with E-state index in [1.54, 1.807) is 7.11 Å². The summed E-state index contributed by atoms with van der Waals surface area (Å²) in [5.74, 6) is 1.74. The molecular formula is C13H23ClN4O. The maximum Gasteiger partial charge on any atom is 0.198 e. The molecule has 6 heteroatoms. The molecule has 1 N–H and O–H groups in total. The predicted molar refractivity (Wildman–Crippen MR) is 79.0 cm³/mol. The van der Waals surface area contributed by atoms with E-state index in [0.717, 1.165) is 13.0 Å². The first kappa shape index (κ1) is 16.0. The lowest BCUT2D eigenvalue weighted by atomic mass is 10.0. The van der Waals surface area contributed by atoms with E-state index in [0.29, 0.717) is 22.6 Å². The number of methoxy groups -OCH3 is 1. The van der Waals surface area contributed by atoms with Crippen molar-refractivity contribution in [1.82, 2.24) is 14.9 Å². The molecule has 0 radical (unpaired) electrons. The van der Waals surface area contributed by atoms with Crippen LogP contribution in [0.3, 0.4) is 0 Å². The Hall–Kier alpha value is -1.07. The van der Waals surface area contributed by atoms with Gasteiger partial charge in [-0.25, -0.2) is 9.97 Å². The lowest BCUT2D eigenvalue weighted by Crippen LogP contribution is -2.34. The molecule has 19 heavy (non-hydrogen) atoms. The van der Waals surface area contributed by atoms with Gasteiger partial charge >= 0.3 is 0 Å². The maximum atomic E-state index is 6.00. The van der Waals surface area contributed by atoms with Crippen LogP contribution in [0.5, 0.6) is 5.75 Å². The molecule has 1 heterocycles. The van der Waals surface area contributed by atoms with Crippen molar-refractivity contribution in [3.05, 3.63) is 11.5 Å². The minimum Gasteiger partial charge on any atom is -0.490 e. The second-order valence-electron chi connectivity index (χ2n) is 5.28. The Morgan fingerprint density at radius 3 is 2.58 bits per heavy atom. The van der Waals surface area contributed by atoms with Gasteiger partial charge in [-0.3, -0.25) is 0 Å². The Kier molecular flexibility index (Phi) is 6.31. The number of nitrogens with zero attached hydrogens (tertiary/aromatic N) is 3. The molecule has 0 aliphatic carbocycles. The first-order chi connectivity index (χ1) is 8.93. The zero-order valence-electron chi connectivity index (χ0n) is 12.3. The number of hydrogen-bond donors (Lipinski definition) is 1. The summed E-state index contributed by atoms with van der Waals surface area (Å²) in [4.78, 5) is 10.3. The smallest absolute Gasteiger partial charge is 0.198 e. The molecule has 0 bridgehead atoms. The largest absolute Gasteiger partial charge is 0.490 e. The van der Waals surface area contributed by atoms with Crippen molar-refractivity contribution in [3.8, 4) is 5.75 Å². The fourth-order valence-corrected chi connectivity index (χ4v) is 2.23. The summed E-state index contributed by atoms with van der Waals surface area (Å²) in [6, 6.07) is 0.287. The Labute approximate surface area is 120 Å². The predicted octanol–water partition coefficient (Wildman–Crippen LogP) is 2.53. The Morgan fingerprint density at radius 2 is 2.05 bits per heavy atom. The van der Waals surface area contributed by atoms with Crippen LogP contribution in [-0.2, 0) is 0 Å². The average molecular weight is 287 g/mol. The van der Waals surface area contributed by atoms with Crippen molar-refractivity contribution in [3.63, 3.8) is 0 Å². The van der Waals surface area contributed by atoms with Gasteiger partial charge in [0.2, 0.25) is 0 Å². The van der Waals surface area contributed by atoms with E-state index in [-0.39, 0.29) is 6.04 Å². The highest BCUT2D eigenvalue weighted by molar-refractivity contribution is 6.31. The quantitative estimate of drug-likeness (QED) is 0.781. The Bertz CT molecular complexity index is 388. The molecule has 1 aromatic rings. The topological polar surface area (TPSA) is 50.3 Å². The van der Waals surface area contributed by atoms with Gasteiger partial charge in [0.15, 0.2) is 16.7 Å². The lowest BCUT2D eigenvalue weighted by Gasteiger charge is -2.25. The molecule has 1 aromatic heterocycles. The third kappa shape index (κ3) is 5.20. The fraction of sp³-hybridized carbons (Fsp3) is 0.692. The summed E-state index contributed by atoms with van der Waals surface area (Å²) in [7, 11) is 5.68. The number of anilines is 1. The lowest BCUT2D eigenvalue weighted by molar-refractivity contribution is 0.354. The van der Waals surface area contributed by atoms with E-state index in [9.17, 15) is 0 Å². The van der Waals surface area contributed by atoms with Crippen molar-refractivity contribution < 1.29 is 4.74 Å². The van der Waals surface area contributed by atoms with Gasteiger partial charge in [0.05, 0.1) is 7.11 Å². The van der Waals surface area contributed by atoms with Gasteiger partial charge in [0.1, 0.15) is 6.33 Å². The van der Waals surface area contributed by atoms with Crippen LogP contribution >= 0.6 is 11.6 Å². The van der Waals surface area contributed by atoms with Crippen molar-refractivity contribution in [2.24, 2.45) is 5.92 Å². The Morgan fingerprint density at radius 1 is 1.37 bits per heavy atom. The fourth-order valence-electron chi connectivity index (χ4n) is 2.02. The van der Waals surface area contributed by atoms with Crippen LogP contribution in [0.25, 0.3) is 0 Å². The zero-order valence-corrected chi connectivity index (χ0v) is 13.0. The van der Waals surface area contributed by atoms with Crippen molar-refractivity contribution in [2.45, 2.75) is 26.3 Å². The standard InChI is InChI=1S/C13H23ClN4O/c1-9(2)6-10(7-18(3)4)17-13-11(19-5)12(14)15-8-16-13/h8-10H,6-7H2,1-5H3,(H,15,16,17). The van der Waals surface area contributed by atoms with E-state index in [4.69, 9.17) is 16.3 Å². The normalized spacial score (nSPS) is 12.8. The van der Waals surface area contributed by atoms with Crippen LogP contribution in [0.4, 0.5) is 5.82 Å². The third-order valence-electron chi connectivity index (χ3n) is 2.65.